The van der Waals surface area contributed by atoms with Crippen LogP contribution in [0.3, 0.4) is 0 Å². The molecule has 3 N–H and O–H groups in total. The lowest BCUT2D eigenvalue weighted by Gasteiger charge is -2.13. The molecule has 1 aromatic carbocycles. The number of hydrogen-bond acceptors (Lipinski definition) is 3. The number of ether oxygens (including phenoxy) is 1. The molecule has 1 atom stereocenters. The molecule has 0 bridgehead atoms. The van der Waals surface area contributed by atoms with Crippen molar-refractivity contribution in [3.8, 4) is 0 Å². The Hall–Kier alpha value is -2.15. The maximum Gasteiger partial charge on any atom is 0.337 e. The van der Waals surface area contributed by atoms with Gasteiger partial charge in [0, 0.05) is 13.7 Å². The van der Waals surface area contributed by atoms with E-state index >= 15 is 0 Å². The second-order valence-electron chi connectivity index (χ2n) is 4.39. The van der Waals surface area contributed by atoms with Gasteiger partial charge in [-0.05, 0) is 24.1 Å². The molecule has 0 aromatic heterocycles. The van der Waals surface area contributed by atoms with Crippen LogP contribution >= 0.6 is 0 Å². The predicted molar refractivity (Wildman–Crippen MR) is 71.4 cm³/mol. The van der Waals surface area contributed by atoms with Gasteiger partial charge in [0.2, 0.25) is 0 Å². The molecule has 0 radical (unpaired) electrons. The summed E-state index contributed by atoms with van der Waals surface area (Å²) in [7, 11) is 1.56. The number of carboxylic acids is 1. The lowest BCUT2D eigenvalue weighted by molar-refractivity contribution is 0.0698. The highest BCUT2D eigenvalue weighted by molar-refractivity contribution is 5.99. The van der Waals surface area contributed by atoms with Gasteiger partial charge < -0.3 is 20.5 Å². The standard InChI is InChI=1S/C13H17FN2O4/c1-8(7-20-2)6-15-13(19)16-11-5-9(14)3-4-10(11)12(17)18/h3-5,8H,6-7H2,1-2H3,(H,17,18)(H2,15,16,19). The third-order valence-electron chi connectivity index (χ3n) is 2.52. The Kier molecular flexibility index (Phi) is 5.92. The van der Waals surface area contributed by atoms with Gasteiger partial charge in [0.15, 0.2) is 0 Å². The zero-order valence-electron chi connectivity index (χ0n) is 11.3. The van der Waals surface area contributed by atoms with Gasteiger partial charge in [-0.25, -0.2) is 14.0 Å². The number of carbonyl (C=O) groups is 2. The zero-order valence-corrected chi connectivity index (χ0v) is 11.3. The van der Waals surface area contributed by atoms with Gasteiger partial charge in [-0.2, -0.15) is 0 Å². The van der Waals surface area contributed by atoms with Crippen molar-refractivity contribution in [2.24, 2.45) is 5.92 Å². The highest BCUT2D eigenvalue weighted by Crippen LogP contribution is 2.17. The van der Waals surface area contributed by atoms with E-state index in [-0.39, 0.29) is 17.2 Å². The Balaban J connectivity index is 2.66. The Morgan fingerprint density at radius 3 is 2.75 bits per heavy atom. The van der Waals surface area contributed by atoms with Crippen LogP contribution in [0.5, 0.6) is 0 Å². The van der Waals surface area contributed by atoms with E-state index in [0.29, 0.717) is 13.2 Å². The molecule has 0 spiro atoms. The first kappa shape index (κ1) is 15.9. The van der Waals surface area contributed by atoms with E-state index in [2.05, 4.69) is 10.6 Å². The number of hydrogen-bond donors (Lipinski definition) is 3. The van der Waals surface area contributed by atoms with Crippen LogP contribution in [0, 0.1) is 11.7 Å². The minimum Gasteiger partial charge on any atom is -0.478 e. The number of carbonyl (C=O) groups excluding carboxylic acids is 1. The first-order chi connectivity index (χ1) is 9.43. The summed E-state index contributed by atoms with van der Waals surface area (Å²) in [5, 5.41) is 13.8. The van der Waals surface area contributed by atoms with Crippen LogP contribution in [0.2, 0.25) is 0 Å². The molecule has 0 saturated heterocycles. The number of aromatic carboxylic acids is 1. The molecule has 0 heterocycles. The molecular formula is C13H17FN2O4. The van der Waals surface area contributed by atoms with E-state index in [1.807, 2.05) is 6.92 Å². The van der Waals surface area contributed by atoms with Gasteiger partial charge in [0.1, 0.15) is 5.82 Å². The van der Waals surface area contributed by atoms with Gasteiger partial charge in [-0.1, -0.05) is 6.92 Å². The lowest BCUT2D eigenvalue weighted by Crippen LogP contribution is -2.34. The molecule has 6 nitrogen and oxygen atoms in total. The fourth-order valence-electron chi connectivity index (χ4n) is 1.58. The maximum atomic E-state index is 13.1. The number of benzene rings is 1. The molecule has 0 aliphatic rings. The number of rotatable bonds is 6. The fraction of sp³-hybridized carbons (Fsp3) is 0.385. The number of amides is 2. The second-order valence-corrected chi connectivity index (χ2v) is 4.39. The van der Waals surface area contributed by atoms with Crippen molar-refractivity contribution in [3.63, 3.8) is 0 Å². The highest BCUT2D eigenvalue weighted by Gasteiger charge is 2.13. The molecule has 1 unspecified atom stereocenters. The van der Waals surface area contributed by atoms with E-state index in [9.17, 15) is 14.0 Å². The van der Waals surface area contributed by atoms with Crippen LogP contribution in [0.15, 0.2) is 18.2 Å². The Morgan fingerprint density at radius 2 is 2.15 bits per heavy atom. The average Bonchev–Trinajstić information content (AvgIpc) is 2.36. The number of urea groups is 1. The second kappa shape index (κ2) is 7.44. The van der Waals surface area contributed by atoms with Crippen molar-refractivity contribution in [1.29, 1.82) is 0 Å². The van der Waals surface area contributed by atoms with Gasteiger partial charge in [-0.3, -0.25) is 0 Å². The summed E-state index contributed by atoms with van der Waals surface area (Å²) in [4.78, 5) is 22.6. The van der Waals surface area contributed by atoms with Gasteiger partial charge in [-0.15, -0.1) is 0 Å². The topological polar surface area (TPSA) is 87.7 Å². The summed E-state index contributed by atoms with van der Waals surface area (Å²) in [6.07, 6.45) is 0. The van der Waals surface area contributed by atoms with E-state index in [0.717, 1.165) is 18.2 Å². The SMILES string of the molecule is COCC(C)CNC(=O)Nc1cc(F)ccc1C(=O)O. The summed E-state index contributed by atoms with van der Waals surface area (Å²) in [6.45, 7) is 2.73. The molecule has 1 rings (SSSR count). The van der Waals surface area contributed by atoms with Crippen LogP contribution < -0.4 is 10.6 Å². The molecule has 2 amide bonds. The normalized spacial score (nSPS) is 11.8. The molecule has 0 saturated carbocycles. The van der Waals surface area contributed by atoms with Crippen molar-refractivity contribution >= 4 is 17.7 Å². The molecule has 1 aromatic rings. The van der Waals surface area contributed by atoms with E-state index in [1.54, 1.807) is 7.11 Å². The van der Waals surface area contributed by atoms with E-state index in [4.69, 9.17) is 9.84 Å². The molecule has 0 aliphatic carbocycles. The van der Waals surface area contributed by atoms with Crippen molar-refractivity contribution in [2.45, 2.75) is 6.92 Å². The van der Waals surface area contributed by atoms with Gasteiger partial charge >= 0.3 is 12.0 Å². The monoisotopic (exact) mass is 284 g/mol. The van der Waals surface area contributed by atoms with Crippen LogP contribution in [-0.4, -0.2) is 37.4 Å². The van der Waals surface area contributed by atoms with Crippen molar-refractivity contribution < 1.29 is 23.8 Å². The van der Waals surface area contributed by atoms with Crippen LogP contribution in [0.4, 0.5) is 14.9 Å². The third kappa shape index (κ3) is 4.85. The zero-order chi connectivity index (χ0) is 15.1. The minimum atomic E-state index is -1.24. The first-order valence-corrected chi connectivity index (χ1v) is 6.00. The lowest BCUT2D eigenvalue weighted by atomic mass is 10.1. The number of halogens is 1. The number of carboxylic acid groups (broad SMARTS) is 1. The summed E-state index contributed by atoms with van der Waals surface area (Å²) >= 11 is 0. The summed E-state index contributed by atoms with van der Waals surface area (Å²) < 4.78 is 18.0. The molecule has 110 valence electrons. The summed E-state index contributed by atoms with van der Waals surface area (Å²) in [6, 6.07) is 2.48. The van der Waals surface area contributed by atoms with Crippen LogP contribution in [0.1, 0.15) is 17.3 Å². The Bertz CT molecular complexity index is 493. The van der Waals surface area contributed by atoms with Crippen molar-refractivity contribution in [1.82, 2.24) is 5.32 Å². The smallest absolute Gasteiger partial charge is 0.337 e. The number of anilines is 1. The van der Waals surface area contributed by atoms with Crippen LogP contribution in [0.25, 0.3) is 0 Å². The first-order valence-electron chi connectivity index (χ1n) is 6.00. The molecule has 20 heavy (non-hydrogen) atoms. The molecule has 0 fully saturated rings. The summed E-state index contributed by atoms with van der Waals surface area (Å²) in [5.74, 6) is -1.76. The molecule has 7 heteroatoms. The van der Waals surface area contributed by atoms with E-state index in [1.165, 1.54) is 0 Å². The van der Waals surface area contributed by atoms with E-state index < -0.39 is 17.8 Å². The summed E-state index contributed by atoms with van der Waals surface area (Å²) in [5.41, 5.74) is -0.263. The number of nitrogens with one attached hydrogen (secondary N) is 2. The third-order valence-corrected chi connectivity index (χ3v) is 2.52. The average molecular weight is 284 g/mol. The molecule has 0 aliphatic heterocycles. The van der Waals surface area contributed by atoms with Gasteiger partial charge in [0.25, 0.3) is 0 Å². The highest BCUT2D eigenvalue weighted by atomic mass is 19.1. The maximum absolute atomic E-state index is 13.1. The Labute approximate surface area is 115 Å². The largest absolute Gasteiger partial charge is 0.478 e. The van der Waals surface area contributed by atoms with Crippen molar-refractivity contribution in [3.05, 3.63) is 29.6 Å². The fourth-order valence-corrected chi connectivity index (χ4v) is 1.58. The predicted octanol–water partition coefficient (Wildman–Crippen LogP) is 1.93. The van der Waals surface area contributed by atoms with Crippen molar-refractivity contribution in [2.75, 3.05) is 25.6 Å². The quantitative estimate of drug-likeness (QED) is 0.744. The minimum absolute atomic E-state index is 0.0885. The molecular weight excluding hydrogens is 267 g/mol. The number of methoxy groups -OCH3 is 1. The Morgan fingerprint density at radius 1 is 1.45 bits per heavy atom. The van der Waals surface area contributed by atoms with Gasteiger partial charge in [0.05, 0.1) is 17.9 Å². The van der Waals surface area contributed by atoms with Crippen LogP contribution in [-0.2, 0) is 4.74 Å².